The van der Waals surface area contributed by atoms with Crippen LogP contribution in [0.1, 0.15) is 19.8 Å². The van der Waals surface area contributed by atoms with Gasteiger partial charge in [-0.15, -0.1) is 0 Å². The smallest absolute Gasteiger partial charge is 0.239 e. The van der Waals surface area contributed by atoms with E-state index in [-0.39, 0.29) is 18.1 Å². The van der Waals surface area contributed by atoms with Crippen LogP contribution >= 0.6 is 0 Å². The largest absolute Gasteiger partial charge is 0.486 e. The number of hydrogen-bond donors (Lipinski definition) is 1. The number of amides is 1. The van der Waals surface area contributed by atoms with Crippen molar-refractivity contribution in [2.24, 2.45) is 0 Å². The molecule has 3 rings (SSSR count). The SMILES string of the molecule is CCN(CC1COc2ccccc2O1)C(=O)[C@H]1CCCN1. The van der Waals surface area contributed by atoms with E-state index >= 15 is 0 Å². The van der Waals surface area contributed by atoms with Crippen LogP contribution in [0.4, 0.5) is 0 Å². The van der Waals surface area contributed by atoms with Crippen molar-refractivity contribution in [3.63, 3.8) is 0 Å². The first-order valence-corrected chi connectivity index (χ1v) is 7.68. The summed E-state index contributed by atoms with van der Waals surface area (Å²) in [5.74, 6) is 1.72. The molecule has 0 aromatic heterocycles. The molecule has 21 heavy (non-hydrogen) atoms. The zero-order valence-corrected chi connectivity index (χ0v) is 12.4. The molecule has 1 aromatic rings. The summed E-state index contributed by atoms with van der Waals surface area (Å²) in [4.78, 5) is 14.3. The topological polar surface area (TPSA) is 50.8 Å². The average molecular weight is 290 g/mol. The van der Waals surface area contributed by atoms with Crippen molar-refractivity contribution >= 4 is 5.91 Å². The fourth-order valence-corrected chi connectivity index (χ4v) is 2.89. The van der Waals surface area contributed by atoms with Gasteiger partial charge in [0.05, 0.1) is 12.6 Å². The Morgan fingerprint density at radius 1 is 1.38 bits per heavy atom. The molecule has 2 heterocycles. The van der Waals surface area contributed by atoms with E-state index in [9.17, 15) is 4.79 Å². The van der Waals surface area contributed by atoms with Gasteiger partial charge in [-0.2, -0.15) is 0 Å². The Morgan fingerprint density at radius 3 is 2.90 bits per heavy atom. The molecule has 114 valence electrons. The first-order chi connectivity index (χ1) is 10.3. The molecule has 1 saturated heterocycles. The molecule has 1 unspecified atom stereocenters. The highest BCUT2D eigenvalue weighted by atomic mass is 16.6. The van der Waals surface area contributed by atoms with Crippen LogP contribution in [0.5, 0.6) is 11.5 Å². The van der Waals surface area contributed by atoms with E-state index in [1.807, 2.05) is 36.1 Å². The maximum Gasteiger partial charge on any atom is 0.239 e. The summed E-state index contributed by atoms with van der Waals surface area (Å²) in [7, 11) is 0. The number of nitrogens with zero attached hydrogens (tertiary/aromatic N) is 1. The van der Waals surface area contributed by atoms with E-state index in [1.54, 1.807) is 0 Å². The summed E-state index contributed by atoms with van der Waals surface area (Å²) in [6.07, 6.45) is 1.90. The van der Waals surface area contributed by atoms with Gasteiger partial charge < -0.3 is 19.7 Å². The molecule has 5 nitrogen and oxygen atoms in total. The van der Waals surface area contributed by atoms with Crippen LogP contribution < -0.4 is 14.8 Å². The molecule has 1 aromatic carbocycles. The van der Waals surface area contributed by atoms with E-state index in [0.29, 0.717) is 19.7 Å². The number of para-hydroxylation sites is 2. The summed E-state index contributed by atoms with van der Waals surface area (Å²) >= 11 is 0. The molecule has 0 radical (unpaired) electrons. The lowest BCUT2D eigenvalue weighted by Gasteiger charge is -2.32. The molecule has 1 fully saturated rings. The van der Waals surface area contributed by atoms with E-state index in [0.717, 1.165) is 30.9 Å². The zero-order valence-electron chi connectivity index (χ0n) is 12.4. The molecule has 0 bridgehead atoms. The molecule has 2 atom stereocenters. The minimum atomic E-state index is -0.106. The highest BCUT2D eigenvalue weighted by Crippen LogP contribution is 2.31. The van der Waals surface area contributed by atoms with E-state index in [1.165, 1.54) is 0 Å². The van der Waals surface area contributed by atoms with Gasteiger partial charge in [-0.05, 0) is 38.4 Å². The lowest BCUT2D eigenvalue weighted by Crippen LogP contribution is -2.49. The summed E-state index contributed by atoms with van der Waals surface area (Å²) in [6, 6.07) is 7.63. The Hall–Kier alpha value is -1.75. The van der Waals surface area contributed by atoms with Gasteiger partial charge in [-0.1, -0.05) is 12.1 Å². The summed E-state index contributed by atoms with van der Waals surface area (Å²) in [6.45, 7) is 4.69. The molecule has 0 aliphatic carbocycles. The van der Waals surface area contributed by atoms with Gasteiger partial charge in [0, 0.05) is 6.54 Å². The van der Waals surface area contributed by atoms with Crippen LogP contribution in [-0.2, 0) is 4.79 Å². The van der Waals surface area contributed by atoms with Crippen LogP contribution in [-0.4, -0.2) is 49.2 Å². The first kappa shape index (κ1) is 14.2. The average Bonchev–Trinajstić information content (AvgIpc) is 3.06. The molecule has 0 spiro atoms. The van der Waals surface area contributed by atoms with Gasteiger partial charge in [-0.25, -0.2) is 0 Å². The Labute approximate surface area is 125 Å². The van der Waals surface area contributed by atoms with Gasteiger partial charge in [0.1, 0.15) is 6.61 Å². The van der Waals surface area contributed by atoms with Crippen LogP contribution in [0.3, 0.4) is 0 Å². The Balaban J connectivity index is 1.61. The molecular weight excluding hydrogens is 268 g/mol. The quantitative estimate of drug-likeness (QED) is 0.911. The van der Waals surface area contributed by atoms with Crippen LogP contribution in [0.2, 0.25) is 0 Å². The fraction of sp³-hybridized carbons (Fsp3) is 0.562. The van der Waals surface area contributed by atoms with Gasteiger partial charge in [0.2, 0.25) is 5.91 Å². The van der Waals surface area contributed by atoms with Gasteiger partial charge in [0.25, 0.3) is 0 Å². The fourth-order valence-electron chi connectivity index (χ4n) is 2.89. The zero-order chi connectivity index (χ0) is 14.7. The normalized spacial score (nSPS) is 23.9. The number of hydrogen-bond acceptors (Lipinski definition) is 4. The third-order valence-electron chi connectivity index (χ3n) is 4.04. The van der Waals surface area contributed by atoms with Crippen molar-refractivity contribution in [2.45, 2.75) is 31.9 Å². The number of ether oxygens (including phenoxy) is 2. The maximum absolute atomic E-state index is 12.5. The van der Waals surface area contributed by atoms with Crippen molar-refractivity contribution in [3.8, 4) is 11.5 Å². The molecule has 2 aliphatic heterocycles. The Morgan fingerprint density at radius 2 is 2.19 bits per heavy atom. The number of rotatable bonds is 4. The third-order valence-corrected chi connectivity index (χ3v) is 4.04. The van der Waals surface area contributed by atoms with Crippen LogP contribution in [0.25, 0.3) is 0 Å². The molecule has 1 N–H and O–H groups in total. The summed E-state index contributed by atoms with van der Waals surface area (Å²) in [5, 5.41) is 3.26. The third kappa shape index (κ3) is 3.13. The molecule has 5 heteroatoms. The second-order valence-electron chi connectivity index (χ2n) is 5.52. The Kier molecular flexibility index (Phi) is 4.29. The predicted octanol–water partition coefficient (Wildman–Crippen LogP) is 1.43. The second kappa shape index (κ2) is 6.35. The van der Waals surface area contributed by atoms with Crippen LogP contribution in [0.15, 0.2) is 24.3 Å². The minimum Gasteiger partial charge on any atom is -0.486 e. The van der Waals surface area contributed by atoms with E-state index in [2.05, 4.69) is 5.32 Å². The molecule has 0 saturated carbocycles. The van der Waals surface area contributed by atoms with Crippen molar-refractivity contribution in [1.29, 1.82) is 0 Å². The number of nitrogens with one attached hydrogen (secondary N) is 1. The van der Waals surface area contributed by atoms with Crippen molar-refractivity contribution in [2.75, 3.05) is 26.2 Å². The van der Waals surface area contributed by atoms with E-state index in [4.69, 9.17) is 9.47 Å². The van der Waals surface area contributed by atoms with Gasteiger partial charge in [0.15, 0.2) is 17.6 Å². The summed E-state index contributed by atoms with van der Waals surface area (Å²) in [5.41, 5.74) is 0. The number of benzene rings is 1. The van der Waals surface area contributed by atoms with Crippen molar-refractivity contribution in [1.82, 2.24) is 10.2 Å². The number of fused-ring (bicyclic) bond motifs is 1. The standard InChI is InChI=1S/C16H22N2O3/c1-2-18(16(19)13-6-5-9-17-13)10-12-11-20-14-7-3-4-8-15(14)21-12/h3-4,7-8,12-13,17H,2,5-6,9-11H2,1H3/t12?,13-/m1/s1. The lowest BCUT2D eigenvalue weighted by atomic mass is 10.2. The van der Waals surface area contributed by atoms with Crippen molar-refractivity contribution in [3.05, 3.63) is 24.3 Å². The highest BCUT2D eigenvalue weighted by molar-refractivity contribution is 5.82. The molecular formula is C16H22N2O3. The second-order valence-corrected chi connectivity index (χ2v) is 5.52. The van der Waals surface area contributed by atoms with E-state index < -0.39 is 0 Å². The number of carbonyl (C=O) groups excluding carboxylic acids is 1. The van der Waals surface area contributed by atoms with Crippen molar-refractivity contribution < 1.29 is 14.3 Å². The predicted molar refractivity (Wildman–Crippen MR) is 79.6 cm³/mol. The lowest BCUT2D eigenvalue weighted by molar-refractivity contribution is -0.134. The van der Waals surface area contributed by atoms with Crippen LogP contribution in [0, 0.1) is 0 Å². The maximum atomic E-state index is 12.5. The highest BCUT2D eigenvalue weighted by Gasteiger charge is 2.29. The van der Waals surface area contributed by atoms with Gasteiger partial charge in [-0.3, -0.25) is 4.79 Å². The summed E-state index contributed by atoms with van der Waals surface area (Å²) < 4.78 is 11.6. The Bertz CT molecular complexity index is 500. The number of carbonyl (C=O) groups is 1. The van der Waals surface area contributed by atoms with Gasteiger partial charge >= 0.3 is 0 Å². The minimum absolute atomic E-state index is 0.0262. The number of likely N-dealkylation sites (N-methyl/N-ethyl adjacent to an activating group) is 1. The molecule has 1 amide bonds. The molecule has 2 aliphatic rings. The first-order valence-electron chi connectivity index (χ1n) is 7.68. The monoisotopic (exact) mass is 290 g/mol.